The fourth-order valence-corrected chi connectivity index (χ4v) is 2.43. The fourth-order valence-electron chi connectivity index (χ4n) is 2.43. The van der Waals surface area contributed by atoms with E-state index in [-0.39, 0.29) is 0 Å². The van der Waals surface area contributed by atoms with Gasteiger partial charge in [-0.1, -0.05) is 61.5 Å². The molecule has 0 aliphatic carbocycles. The van der Waals surface area contributed by atoms with Crippen molar-refractivity contribution in [3.05, 3.63) is 71.3 Å². The Morgan fingerprint density at radius 3 is 2.00 bits per heavy atom. The second kappa shape index (κ2) is 8.60. The zero-order chi connectivity index (χ0) is 14.9. The Bertz CT molecular complexity index is 505. The average molecular weight is 282 g/mol. The SMILES string of the molecule is CCCNCc1ccc(CN(C)Cc2ccccc2)cc1. The van der Waals surface area contributed by atoms with Crippen molar-refractivity contribution in [1.82, 2.24) is 10.2 Å². The predicted octanol–water partition coefficient (Wildman–Crippen LogP) is 3.82. The molecule has 0 bridgehead atoms. The standard InChI is InChI=1S/C19H26N2/c1-3-13-20-14-17-9-11-19(12-10-17)16-21(2)15-18-7-5-4-6-8-18/h4-12,20H,3,13-16H2,1-2H3. The van der Waals surface area contributed by atoms with E-state index < -0.39 is 0 Å². The summed E-state index contributed by atoms with van der Waals surface area (Å²) in [5.74, 6) is 0. The van der Waals surface area contributed by atoms with Crippen molar-refractivity contribution in [2.45, 2.75) is 33.0 Å². The smallest absolute Gasteiger partial charge is 0.0234 e. The van der Waals surface area contributed by atoms with Crippen molar-refractivity contribution >= 4 is 0 Å². The van der Waals surface area contributed by atoms with Crippen LogP contribution in [-0.4, -0.2) is 18.5 Å². The van der Waals surface area contributed by atoms with Crippen LogP contribution in [0.1, 0.15) is 30.0 Å². The molecule has 0 fully saturated rings. The van der Waals surface area contributed by atoms with Crippen LogP contribution in [0.15, 0.2) is 54.6 Å². The van der Waals surface area contributed by atoms with Crippen molar-refractivity contribution in [3.63, 3.8) is 0 Å². The van der Waals surface area contributed by atoms with Gasteiger partial charge in [0.15, 0.2) is 0 Å². The molecule has 0 radical (unpaired) electrons. The molecule has 0 spiro atoms. The summed E-state index contributed by atoms with van der Waals surface area (Å²) < 4.78 is 0. The molecule has 0 atom stereocenters. The molecule has 0 unspecified atom stereocenters. The van der Waals surface area contributed by atoms with Crippen LogP contribution < -0.4 is 5.32 Å². The third kappa shape index (κ3) is 5.70. The van der Waals surface area contributed by atoms with E-state index in [4.69, 9.17) is 0 Å². The first kappa shape index (κ1) is 15.7. The Balaban J connectivity index is 1.82. The lowest BCUT2D eigenvalue weighted by atomic mass is 10.1. The van der Waals surface area contributed by atoms with Crippen LogP contribution in [0.5, 0.6) is 0 Å². The highest BCUT2D eigenvalue weighted by atomic mass is 15.1. The normalized spacial score (nSPS) is 11.0. The Morgan fingerprint density at radius 1 is 0.810 bits per heavy atom. The van der Waals surface area contributed by atoms with Gasteiger partial charge in [0.1, 0.15) is 0 Å². The third-order valence-electron chi connectivity index (χ3n) is 3.53. The average Bonchev–Trinajstić information content (AvgIpc) is 2.50. The summed E-state index contributed by atoms with van der Waals surface area (Å²) in [6, 6.07) is 19.6. The lowest BCUT2D eigenvalue weighted by Crippen LogP contribution is -2.17. The van der Waals surface area contributed by atoms with Crippen molar-refractivity contribution in [2.24, 2.45) is 0 Å². The van der Waals surface area contributed by atoms with Crippen LogP contribution >= 0.6 is 0 Å². The van der Waals surface area contributed by atoms with Gasteiger partial charge in [0.25, 0.3) is 0 Å². The molecule has 0 aliphatic heterocycles. The van der Waals surface area contributed by atoms with E-state index in [9.17, 15) is 0 Å². The lowest BCUT2D eigenvalue weighted by Gasteiger charge is -2.17. The molecule has 112 valence electrons. The third-order valence-corrected chi connectivity index (χ3v) is 3.53. The van der Waals surface area contributed by atoms with Crippen LogP contribution in [0.2, 0.25) is 0 Å². The van der Waals surface area contributed by atoms with Crippen molar-refractivity contribution in [1.29, 1.82) is 0 Å². The minimum Gasteiger partial charge on any atom is -0.313 e. The van der Waals surface area contributed by atoms with Gasteiger partial charge in [-0.15, -0.1) is 0 Å². The van der Waals surface area contributed by atoms with Gasteiger partial charge < -0.3 is 5.32 Å². The quantitative estimate of drug-likeness (QED) is 0.741. The molecule has 2 aromatic carbocycles. The Labute approximate surface area is 128 Å². The molecule has 2 heteroatoms. The lowest BCUT2D eigenvalue weighted by molar-refractivity contribution is 0.319. The summed E-state index contributed by atoms with van der Waals surface area (Å²) >= 11 is 0. The van der Waals surface area contributed by atoms with E-state index in [1.165, 1.54) is 23.1 Å². The van der Waals surface area contributed by atoms with Crippen LogP contribution in [-0.2, 0) is 19.6 Å². The second-order valence-corrected chi connectivity index (χ2v) is 5.65. The molecule has 0 aliphatic rings. The second-order valence-electron chi connectivity index (χ2n) is 5.65. The topological polar surface area (TPSA) is 15.3 Å². The van der Waals surface area contributed by atoms with E-state index in [0.717, 1.165) is 26.2 Å². The molecule has 0 amide bonds. The molecule has 21 heavy (non-hydrogen) atoms. The van der Waals surface area contributed by atoms with E-state index >= 15 is 0 Å². The van der Waals surface area contributed by atoms with Crippen LogP contribution in [0.4, 0.5) is 0 Å². The molecule has 0 saturated heterocycles. The van der Waals surface area contributed by atoms with Gasteiger partial charge in [-0.25, -0.2) is 0 Å². The molecule has 2 aromatic rings. The molecule has 0 aromatic heterocycles. The number of nitrogens with one attached hydrogen (secondary N) is 1. The Morgan fingerprint density at radius 2 is 1.38 bits per heavy atom. The van der Waals surface area contributed by atoms with Crippen LogP contribution in [0.3, 0.4) is 0 Å². The molecular weight excluding hydrogens is 256 g/mol. The van der Waals surface area contributed by atoms with Gasteiger partial charge in [-0.2, -0.15) is 0 Å². The summed E-state index contributed by atoms with van der Waals surface area (Å²) in [5, 5.41) is 3.43. The number of hydrogen-bond acceptors (Lipinski definition) is 2. The molecule has 0 saturated carbocycles. The van der Waals surface area contributed by atoms with Gasteiger partial charge in [0.05, 0.1) is 0 Å². The van der Waals surface area contributed by atoms with Gasteiger partial charge in [0, 0.05) is 19.6 Å². The summed E-state index contributed by atoms with van der Waals surface area (Å²) in [4.78, 5) is 2.35. The highest BCUT2D eigenvalue weighted by Gasteiger charge is 2.02. The largest absolute Gasteiger partial charge is 0.313 e. The number of benzene rings is 2. The molecule has 1 N–H and O–H groups in total. The van der Waals surface area contributed by atoms with E-state index in [0.29, 0.717) is 0 Å². The summed E-state index contributed by atoms with van der Waals surface area (Å²) in [6.45, 7) is 6.21. The zero-order valence-electron chi connectivity index (χ0n) is 13.2. The maximum atomic E-state index is 3.43. The van der Waals surface area contributed by atoms with Gasteiger partial charge in [0.2, 0.25) is 0 Å². The number of rotatable bonds is 8. The van der Waals surface area contributed by atoms with E-state index in [1.54, 1.807) is 0 Å². The first-order valence-electron chi connectivity index (χ1n) is 7.79. The van der Waals surface area contributed by atoms with Crippen LogP contribution in [0, 0.1) is 0 Å². The minimum atomic E-state index is 0.966. The van der Waals surface area contributed by atoms with E-state index in [2.05, 4.69) is 78.8 Å². The highest BCUT2D eigenvalue weighted by Crippen LogP contribution is 2.09. The monoisotopic (exact) mass is 282 g/mol. The minimum absolute atomic E-state index is 0.966. The zero-order valence-corrected chi connectivity index (χ0v) is 13.2. The van der Waals surface area contributed by atoms with Crippen molar-refractivity contribution in [2.75, 3.05) is 13.6 Å². The molecule has 0 heterocycles. The summed E-state index contributed by atoms with van der Waals surface area (Å²) in [7, 11) is 2.17. The van der Waals surface area contributed by atoms with Gasteiger partial charge in [-0.3, -0.25) is 4.90 Å². The van der Waals surface area contributed by atoms with Gasteiger partial charge in [-0.05, 0) is 36.7 Å². The van der Waals surface area contributed by atoms with E-state index in [1.807, 2.05) is 0 Å². The first-order chi connectivity index (χ1) is 10.3. The first-order valence-corrected chi connectivity index (χ1v) is 7.79. The van der Waals surface area contributed by atoms with Crippen molar-refractivity contribution in [3.8, 4) is 0 Å². The van der Waals surface area contributed by atoms with Crippen molar-refractivity contribution < 1.29 is 0 Å². The highest BCUT2D eigenvalue weighted by molar-refractivity contribution is 5.22. The van der Waals surface area contributed by atoms with Gasteiger partial charge >= 0.3 is 0 Å². The molecule has 2 rings (SSSR count). The predicted molar refractivity (Wildman–Crippen MR) is 90.1 cm³/mol. The molecule has 2 nitrogen and oxygen atoms in total. The Hall–Kier alpha value is -1.64. The number of hydrogen-bond donors (Lipinski definition) is 1. The maximum Gasteiger partial charge on any atom is 0.0234 e. The van der Waals surface area contributed by atoms with Crippen LogP contribution in [0.25, 0.3) is 0 Å². The maximum absolute atomic E-state index is 3.43. The molecular formula is C19H26N2. The Kier molecular flexibility index (Phi) is 6.45. The summed E-state index contributed by atoms with van der Waals surface area (Å²) in [6.07, 6.45) is 1.18. The summed E-state index contributed by atoms with van der Waals surface area (Å²) in [5.41, 5.74) is 4.09. The fraction of sp³-hybridized carbons (Fsp3) is 0.368. The number of nitrogens with zero attached hydrogens (tertiary/aromatic N) is 1.